The summed E-state index contributed by atoms with van der Waals surface area (Å²) in [5.41, 5.74) is 2.80. The first-order valence-corrected chi connectivity index (χ1v) is 9.79. The van der Waals surface area contributed by atoms with E-state index < -0.39 is 15.2 Å². The zero-order valence-corrected chi connectivity index (χ0v) is 14.7. The van der Waals surface area contributed by atoms with Gasteiger partial charge in [-0.25, -0.2) is 17.8 Å². The lowest BCUT2D eigenvalue weighted by Crippen LogP contribution is -2.18. The minimum Gasteiger partial charge on any atom is -0.312 e. The molecular weight excluding hydrogens is 341 g/mol. The molecule has 130 valence electrons. The smallest absolute Gasteiger partial charge is 0.168 e. The molecule has 5 nitrogen and oxygen atoms in total. The third kappa shape index (κ3) is 3.46. The number of imidazole rings is 1. The number of sulfone groups is 1. The minimum absolute atomic E-state index is 0.337. The molecule has 3 aromatic rings. The molecule has 0 spiro atoms. The van der Waals surface area contributed by atoms with Crippen LogP contribution in [-0.2, 0) is 9.84 Å². The number of aromatic nitrogens is 3. The number of nitrogens with zero attached hydrogens (tertiary/aromatic N) is 3. The average Bonchev–Trinajstić information content (AvgIpc) is 3.00. The molecule has 1 atom stereocenters. The predicted molar refractivity (Wildman–Crippen MR) is 95.0 cm³/mol. The third-order valence-corrected chi connectivity index (χ3v) is 5.57. The lowest BCUT2D eigenvalue weighted by atomic mass is 10.1. The van der Waals surface area contributed by atoms with Crippen molar-refractivity contribution < 1.29 is 12.8 Å². The highest BCUT2D eigenvalue weighted by Gasteiger charge is 2.26. The maximum absolute atomic E-state index is 13.3. The van der Waals surface area contributed by atoms with Gasteiger partial charge in [0.1, 0.15) is 11.2 Å². The molecule has 1 aromatic carbocycles. The average molecular weight is 359 g/mol. The van der Waals surface area contributed by atoms with Crippen molar-refractivity contribution in [1.82, 2.24) is 14.5 Å². The molecule has 0 radical (unpaired) electrons. The van der Waals surface area contributed by atoms with Crippen molar-refractivity contribution in [2.45, 2.75) is 18.7 Å². The largest absolute Gasteiger partial charge is 0.312 e. The van der Waals surface area contributed by atoms with Crippen molar-refractivity contribution in [2.24, 2.45) is 0 Å². The molecule has 1 unspecified atom stereocenters. The Kier molecular flexibility index (Phi) is 4.67. The molecule has 0 amide bonds. The molecule has 0 aliphatic rings. The van der Waals surface area contributed by atoms with Gasteiger partial charge in [0.05, 0.1) is 17.7 Å². The summed E-state index contributed by atoms with van der Waals surface area (Å²) in [5, 5.41) is -0.725. The van der Waals surface area contributed by atoms with E-state index in [4.69, 9.17) is 0 Å². The Bertz CT molecular complexity index is 967. The summed E-state index contributed by atoms with van der Waals surface area (Å²) in [7, 11) is -3.33. The monoisotopic (exact) mass is 359 g/mol. The summed E-state index contributed by atoms with van der Waals surface area (Å²) >= 11 is 0. The fraction of sp³-hybridized carbons (Fsp3) is 0.222. The lowest BCUT2D eigenvalue weighted by molar-refractivity contribution is 0.546. The van der Waals surface area contributed by atoms with Gasteiger partial charge < -0.3 is 4.57 Å². The lowest BCUT2D eigenvalue weighted by Gasteiger charge is -2.18. The second-order valence-electron chi connectivity index (χ2n) is 5.78. The first kappa shape index (κ1) is 17.3. The Morgan fingerprint density at radius 3 is 2.28 bits per heavy atom. The molecule has 3 rings (SSSR count). The number of hydrogen-bond donors (Lipinski definition) is 0. The van der Waals surface area contributed by atoms with Crippen LogP contribution in [0.3, 0.4) is 0 Å². The van der Waals surface area contributed by atoms with Crippen molar-refractivity contribution in [2.75, 3.05) is 6.26 Å². The number of rotatable bonds is 5. The Hall–Kier alpha value is -2.54. The Morgan fingerprint density at radius 2 is 1.72 bits per heavy atom. The van der Waals surface area contributed by atoms with Gasteiger partial charge in [0.2, 0.25) is 0 Å². The van der Waals surface area contributed by atoms with Crippen molar-refractivity contribution >= 4 is 9.84 Å². The molecule has 0 bridgehead atoms. The van der Waals surface area contributed by atoms with Gasteiger partial charge in [-0.2, -0.15) is 0 Å². The summed E-state index contributed by atoms with van der Waals surface area (Å²) < 4.78 is 39.4. The van der Waals surface area contributed by atoms with E-state index in [2.05, 4.69) is 9.97 Å². The SMILES string of the molecule is CCC(n1cnc(-c2ccc(F)cc2)c1-c1ccncc1)S(C)(=O)=O. The van der Waals surface area contributed by atoms with Gasteiger partial charge in [-0.15, -0.1) is 0 Å². The second-order valence-corrected chi connectivity index (χ2v) is 7.99. The van der Waals surface area contributed by atoms with Gasteiger partial charge in [0, 0.05) is 29.8 Å². The molecule has 0 saturated carbocycles. The van der Waals surface area contributed by atoms with Gasteiger partial charge in [0.25, 0.3) is 0 Å². The number of halogens is 1. The number of benzene rings is 1. The maximum atomic E-state index is 13.3. The van der Waals surface area contributed by atoms with E-state index >= 15 is 0 Å². The highest BCUT2D eigenvalue weighted by atomic mass is 32.2. The van der Waals surface area contributed by atoms with E-state index in [-0.39, 0.29) is 5.82 Å². The standard InChI is InChI=1S/C18H18FN3O2S/c1-3-16(25(2,23)24)22-12-21-17(13-4-6-15(19)7-5-13)18(22)14-8-10-20-11-9-14/h4-12,16H,3H2,1-2H3. The molecule has 2 heterocycles. The zero-order valence-electron chi connectivity index (χ0n) is 13.9. The van der Waals surface area contributed by atoms with E-state index in [1.54, 1.807) is 41.2 Å². The molecule has 0 saturated heterocycles. The van der Waals surface area contributed by atoms with Crippen LogP contribution in [-0.4, -0.2) is 29.2 Å². The van der Waals surface area contributed by atoms with E-state index in [0.29, 0.717) is 17.8 Å². The van der Waals surface area contributed by atoms with Gasteiger partial charge in [-0.1, -0.05) is 6.92 Å². The molecule has 2 aromatic heterocycles. The zero-order chi connectivity index (χ0) is 18.0. The molecular formula is C18H18FN3O2S. The highest BCUT2D eigenvalue weighted by Crippen LogP contribution is 2.35. The minimum atomic E-state index is -3.33. The van der Waals surface area contributed by atoms with Crippen LogP contribution in [0.5, 0.6) is 0 Å². The molecule has 0 aliphatic carbocycles. The van der Waals surface area contributed by atoms with E-state index in [0.717, 1.165) is 11.1 Å². The molecule has 0 N–H and O–H groups in total. The van der Waals surface area contributed by atoms with Crippen LogP contribution in [0, 0.1) is 5.82 Å². The number of hydrogen-bond acceptors (Lipinski definition) is 4. The van der Waals surface area contributed by atoms with E-state index in [1.165, 1.54) is 24.7 Å². The first-order chi connectivity index (χ1) is 11.9. The van der Waals surface area contributed by atoms with Gasteiger partial charge in [-0.05, 0) is 42.8 Å². The molecule has 7 heteroatoms. The Balaban J connectivity index is 2.26. The summed E-state index contributed by atoms with van der Waals surface area (Å²) in [6.07, 6.45) is 6.44. The summed E-state index contributed by atoms with van der Waals surface area (Å²) in [4.78, 5) is 8.45. The fourth-order valence-electron chi connectivity index (χ4n) is 2.90. The summed E-state index contributed by atoms with van der Waals surface area (Å²) in [6, 6.07) is 9.59. The molecule has 0 aliphatic heterocycles. The summed E-state index contributed by atoms with van der Waals surface area (Å²) in [5.74, 6) is -0.337. The van der Waals surface area contributed by atoms with Gasteiger partial charge in [-0.3, -0.25) is 4.98 Å². The van der Waals surface area contributed by atoms with Crippen molar-refractivity contribution in [1.29, 1.82) is 0 Å². The van der Waals surface area contributed by atoms with Crippen LogP contribution in [0.2, 0.25) is 0 Å². The predicted octanol–water partition coefficient (Wildman–Crippen LogP) is 3.70. The summed E-state index contributed by atoms with van der Waals surface area (Å²) in [6.45, 7) is 1.82. The number of pyridine rings is 1. The topological polar surface area (TPSA) is 64.8 Å². The van der Waals surface area contributed by atoms with Crippen LogP contribution in [0.25, 0.3) is 22.5 Å². The highest BCUT2D eigenvalue weighted by molar-refractivity contribution is 7.90. The quantitative estimate of drug-likeness (QED) is 0.697. The normalized spacial score (nSPS) is 12.9. The fourth-order valence-corrected chi connectivity index (χ4v) is 4.08. The van der Waals surface area contributed by atoms with E-state index in [9.17, 15) is 12.8 Å². The first-order valence-electron chi connectivity index (χ1n) is 7.84. The van der Waals surface area contributed by atoms with Crippen LogP contribution in [0.15, 0.2) is 55.1 Å². The third-order valence-electron chi connectivity index (χ3n) is 4.02. The van der Waals surface area contributed by atoms with Crippen LogP contribution in [0.1, 0.15) is 18.7 Å². The van der Waals surface area contributed by atoms with E-state index in [1.807, 2.05) is 6.92 Å². The van der Waals surface area contributed by atoms with Crippen molar-refractivity contribution in [3.63, 3.8) is 0 Å². The molecule has 0 fully saturated rings. The van der Waals surface area contributed by atoms with Crippen LogP contribution in [0.4, 0.5) is 4.39 Å². The van der Waals surface area contributed by atoms with Gasteiger partial charge in [0.15, 0.2) is 9.84 Å². The second kappa shape index (κ2) is 6.76. The van der Waals surface area contributed by atoms with Crippen molar-refractivity contribution in [3.8, 4) is 22.5 Å². The Labute approximate surface area is 146 Å². The molecule has 25 heavy (non-hydrogen) atoms. The maximum Gasteiger partial charge on any atom is 0.168 e. The van der Waals surface area contributed by atoms with Crippen LogP contribution >= 0.6 is 0 Å². The van der Waals surface area contributed by atoms with Crippen LogP contribution < -0.4 is 0 Å². The van der Waals surface area contributed by atoms with Gasteiger partial charge >= 0.3 is 0 Å². The Morgan fingerprint density at radius 1 is 1.08 bits per heavy atom. The van der Waals surface area contributed by atoms with Crippen molar-refractivity contribution in [3.05, 3.63) is 60.9 Å².